The van der Waals surface area contributed by atoms with Crippen molar-refractivity contribution in [2.75, 3.05) is 47.6 Å². The van der Waals surface area contributed by atoms with Gasteiger partial charge in [0.1, 0.15) is 5.75 Å². The minimum Gasteiger partial charge on any atom is -0.497 e. The van der Waals surface area contributed by atoms with Crippen LogP contribution in [0.2, 0.25) is 0 Å². The molecule has 2 rings (SSSR count). The minimum absolute atomic E-state index is 0.0126. The molecule has 0 radical (unpaired) electrons. The Labute approximate surface area is 155 Å². The molecule has 0 aliphatic heterocycles. The Kier molecular flexibility index (Phi) is 7.24. The van der Waals surface area contributed by atoms with Crippen LogP contribution in [0.15, 0.2) is 30.3 Å². The molecule has 0 bridgehead atoms. The predicted octanol–water partition coefficient (Wildman–Crippen LogP) is 2.84. The van der Waals surface area contributed by atoms with Gasteiger partial charge in [0.2, 0.25) is 0 Å². The second kappa shape index (κ2) is 9.40. The predicted molar refractivity (Wildman–Crippen MR) is 101 cm³/mol. The standard InChI is InChI=1S/C20H28N2O4/c1-15-13-19(20(23)21(9-11-24-3)10-12-25-4)16(2)22(15)17-7-6-8-18(14-17)26-5/h6-8,13-14H,9-12H2,1-5H3. The second-order valence-corrected chi connectivity index (χ2v) is 6.10. The van der Waals surface area contributed by atoms with Crippen molar-refractivity contribution in [3.63, 3.8) is 0 Å². The summed E-state index contributed by atoms with van der Waals surface area (Å²) in [6.07, 6.45) is 0. The third-order valence-corrected chi connectivity index (χ3v) is 4.39. The number of methoxy groups -OCH3 is 3. The molecule has 0 aliphatic carbocycles. The van der Waals surface area contributed by atoms with Crippen LogP contribution in [-0.4, -0.2) is 63.0 Å². The zero-order valence-electron chi connectivity index (χ0n) is 16.2. The molecule has 0 atom stereocenters. The molecule has 0 aliphatic rings. The average Bonchev–Trinajstić information content (AvgIpc) is 2.95. The molecule has 0 fully saturated rings. The normalized spacial score (nSPS) is 10.8. The molecule has 0 N–H and O–H groups in total. The summed E-state index contributed by atoms with van der Waals surface area (Å²) in [7, 11) is 4.91. The molecule has 1 aromatic heterocycles. The summed E-state index contributed by atoms with van der Waals surface area (Å²) in [6.45, 7) is 6.00. The number of carbonyl (C=O) groups excluding carboxylic acids is 1. The molecule has 1 aromatic carbocycles. The summed E-state index contributed by atoms with van der Waals surface area (Å²) in [5.74, 6) is 0.769. The monoisotopic (exact) mass is 360 g/mol. The van der Waals surface area contributed by atoms with Gasteiger partial charge >= 0.3 is 0 Å². The van der Waals surface area contributed by atoms with Gasteiger partial charge in [-0.3, -0.25) is 4.79 Å². The molecule has 1 amide bonds. The third kappa shape index (κ3) is 4.45. The van der Waals surface area contributed by atoms with Crippen LogP contribution < -0.4 is 4.74 Å². The molecule has 0 saturated heterocycles. The summed E-state index contributed by atoms with van der Waals surface area (Å²) in [6, 6.07) is 9.75. The van der Waals surface area contributed by atoms with E-state index in [0.717, 1.165) is 22.8 Å². The molecule has 0 unspecified atom stereocenters. The molecule has 1 heterocycles. The van der Waals surface area contributed by atoms with Gasteiger partial charge in [-0.15, -0.1) is 0 Å². The number of hydrogen-bond acceptors (Lipinski definition) is 4. The van der Waals surface area contributed by atoms with Crippen LogP contribution in [0.3, 0.4) is 0 Å². The minimum atomic E-state index is -0.0126. The highest BCUT2D eigenvalue weighted by molar-refractivity contribution is 5.96. The zero-order chi connectivity index (χ0) is 19.1. The maximum Gasteiger partial charge on any atom is 0.255 e. The van der Waals surface area contributed by atoms with Crippen LogP contribution >= 0.6 is 0 Å². The second-order valence-electron chi connectivity index (χ2n) is 6.10. The van der Waals surface area contributed by atoms with Crippen LogP contribution in [0.5, 0.6) is 5.75 Å². The van der Waals surface area contributed by atoms with E-state index in [1.54, 1.807) is 26.2 Å². The van der Waals surface area contributed by atoms with Gasteiger partial charge in [-0.1, -0.05) is 6.07 Å². The number of carbonyl (C=O) groups is 1. The van der Waals surface area contributed by atoms with Crippen molar-refractivity contribution >= 4 is 5.91 Å². The summed E-state index contributed by atoms with van der Waals surface area (Å²) < 4.78 is 17.7. The fourth-order valence-electron chi connectivity index (χ4n) is 3.01. The summed E-state index contributed by atoms with van der Waals surface area (Å²) in [5.41, 5.74) is 3.56. The van der Waals surface area contributed by atoms with Crippen LogP contribution in [0, 0.1) is 13.8 Å². The lowest BCUT2D eigenvalue weighted by Crippen LogP contribution is -2.36. The van der Waals surface area contributed by atoms with E-state index in [1.807, 2.05) is 44.2 Å². The van der Waals surface area contributed by atoms with Gasteiger partial charge in [0, 0.05) is 50.5 Å². The highest BCUT2D eigenvalue weighted by Gasteiger charge is 2.21. The van der Waals surface area contributed by atoms with Crippen molar-refractivity contribution in [3.8, 4) is 11.4 Å². The highest BCUT2D eigenvalue weighted by Crippen LogP contribution is 2.24. The number of nitrogens with zero attached hydrogens (tertiary/aromatic N) is 2. The first-order valence-corrected chi connectivity index (χ1v) is 8.64. The molecule has 0 saturated carbocycles. The Morgan fingerprint density at radius 1 is 1.04 bits per heavy atom. The van der Waals surface area contributed by atoms with Gasteiger partial charge in [-0.25, -0.2) is 0 Å². The quantitative estimate of drug-likeness (QED) is 0.690. The molecular weight excluding hydrogens is 332 g/mol. The highest BCUT2D eigenvalue weighted by atomic mass is 16.5. The van der Waals surface area contributed by atoms with Gasteiger partial charge in [0.15, 0.2) is 0 Å². The lowest BCUT2D eigenvalue weighted by Gasteiger charge is -2.22. The van der Waals surface area contributed by atoms with Crippen LogP contribution in [-0.2, 0) is 9.47 Å². The molecular formula is C20H28N2O4. The number of rotatable bonds is 9. The first-order valence-electron chi connectivity index (χ1n) is 8.64. The first-order chi connectivity index (χ1) is 12.5. The van der Waals surface area contributed by atoms with Gasteiger partial charge in [0.25, 0.3) is 5.91 Å². The molecule has 142 valence electrons. The van der Waals surface area contributed by atoms with E-state index in [-0.39, 0.29) is 5.91 Å². The Hall–Kier alpha value is -2.31. The van der Waals surface area contributed by atoms with E-state index in [4.69, 9.17) is 14.2 Å². The van der Waals surface area contributed by atoms with Gasteiger partial charge in [-0.2, -0.15) is 0 Å². The Morgan fingerprint density at radius 3 is 2.27 bits per heavy atom. The zero-order valence-corrected chi connectivity index (χ0v) is 16.2. The smallest absolute Gasteiger partial charge is 0.255 e. The Balaban J connectivity index is 2.36. The van der Waals surface area contributed by atoms with Crippen molar-refractivity contribution in [1.29, 1.82) is 0 Å². The van der Waals surface area contributed by atoms with Gasteiger partial charge in [0.05, 0.1) is 25.9 Å². The Bertz CT molecular complexity index is 731. The molecule has 6 heteroatoms. The average molecular weight is 360 g/mol. The topological polar surface area (TPSA) is 52.9 Å². The number of aromatic nitrogens is 1. The summed E-state index contributed by atoms with van der Waals surface area (Å²) in [5, 5.41) is 0. The number of hydrogen-bond donors (Lipinski definition) is 0. The first kappa shape index (κ1) is 20.0. The molecule has 6 nitrogen and oxygen atoms in total. The largest absolute Gasteiger partial charge is 0.497 e. The molecule has 2 aromatic rings. The van der Waals surface area contributed by atoms with E-state index >= 15 is 0 Å². The van der Waals surface area contributed by atoms with Crippen LogP contribution in [0.25, 0.3) is 5.69 Å². The van der Waals surface area contributed by atoms with E-state index in [9.17, 15) is 4.79 Å². The van der Waals surface area contributed by atoms with E-state index in [2.05, 4.69) is 4.57 Å². The van der Waals surface area contributed by atoms with Crippen molar-refractivity contribution in [2.45, 2.75) is 13.8 Å². The van der Waals surface area contributed by atoms with E-state index < -0.39 is 0 Å². The summed E-state index contributed by atoms with van der Waals surface area (Å²) in [4.78, 5) is 14.8. The fourth-order valence-corrected chi connectivity index (χ4v) is 3.01. The SMILES string of the molecule is COCCN(CCOC)C(=O)c1cc(C)n(-c2cccc(OC)c2)c1C. The van der Waals surface area contributed by atoms with E-state index in [1.165, 1.54) is 0 Å². The van der Waals surface area contributed by atoms with Crippen molar-refractivity contribution < 1.29 is 19.0 Å². The fraction of sp³-hybridized carbons (Fsp3) is 0.450. The lowest BCUT2D eigenvalue weighted by atomic mass is 10.2. The van der Waals surface area contributed by atoms with Gasteiger partial charge < -0.3 is 23.7 Å². The van der Waals surface area contributed by atoms with E-state index in [0.29, 0.717) is 31.9 Å². The molecule has 0 spiro atoms. The number of benzene rings is 1. The van der Waals surface area contributed by atoms with Crippen LogP contribution in [0.1, 0.15) is 21.7 Å². The third-order valence-electron chi connectivity index (χ3n) is 4.39. The lowest BCUT2D eigenvalue weighted by molar-refractivity contribution is 0.0626. The number of ether oxygens (including phenoxy) is 3. The van der Waals surface area contributed by atoms with Gasteiger partial charge in [-0.05, 0) is 32.0 Å². The molecule has 26 heavy (non-hydrogen) atoms. The number of aryl methyl sites for hydroxylation is 1. The Morgan fingerprint density at radius 2 is 1.69 bits per heavy atom. The number of amides is 1. The van der Waals surface area contributed by atoms with Crippen LogP contribution in [0.4, 0.5) is 0 Å². The van der Waals surface area contributed by atoms with Crippen molar-refractivity contribution in [1.82, 2.24) is 9.47 Å². The summed E-state index contributed by atoms with van der Waals surface area (Å²) >= 11 is 0. The van der Waals surface area contributed by atoms with Crippen molar-refractivity contribution in [2.24, 2.45) is 0 Å². The van der Waals surface area contributed by atoms with Crippen molar-refractivity contribution in [3.05, 3.63) is 47.3 Å². The maximum atomic E-state index is 13.1. The maximum absolute atomic E-state index is 13.1.